The molecule has 2 heterocycles. The molecule has 1 aliphatic rings. The van der Waals surface area contributed by atoms with Crippen molar-refractivity contribution >= 4 is 39.8 Å². The molecule has 0 saturated carbocycles. The van der Waals surface area contributed by atoms with E-state index in [4.69, 9.17) is 5.73 Å². The van der Waals surface area contributed by atoms with E-state index in [0.29, 0.717) is 42.3 Å². The van der Waals surface area contributed by atoms with E-state index in [0.717, 1.165) is 24.8 Å². The van der Waals surface area contributed by atoms with Gasteiger partial charge in [-0.3, -0.25) is 4.79 Å². The molecule has 1 fully saturated rings. The van der Waals surface area contributed by atoms with Crippen molar-refractivity contribution in [1.29, 1.82) is 0 Å². The highest BCUT2D eigenvalue weighted by Crippen LogP contribution is 2.21. The topological polar surface area (TPSA) is 105 Å². The lowest BCUT2D eigenvalue weighted by Crippen LogP contribution is -2.35. The minimum absolute atomic E-state index is 0. The first kappa shape index (κ1) is 22.1. The second kappa shape index (κ2) is 9.86. The summed E-state index contributed by atoms with van der Waals surface area (Å²) in [6, 6.07) is 10.1. The van der Waals surface area contributed by atoms with Gasteiger partial charge < -0.3 is 11.1 Å². The fourth-order valence-corrected chi connectivity index (χ4v) is 4.56. The molecule has 0 unspecified atom stereocenters. The van der Waals surface area contributed by atoms with Gasteiger partial charge in [0.1, 0.15) is 5.82 Å². The summed E-state index contributed by atoms with van der Waals surface area (Å²) in [7, 11) is -3.42. The molecule has 9 heteroatoms. The normalized spacial score (nSPS) is 14.9. The van der Waals surface area contributed by atoms with Crippen molar-refractivity contribution in [3.63, 3.8) is 0 Å². The van der Waals surface area contributed by atoms with Crippen LogP contribution >= 0.6 is 12.4 Å². The summed E-state index contributed by atoms with van der Waals surface area (Å²) < 4.78 is 26.8. The molecule has 1 aromatic carbocycles. The van der Waals surface area contributed by atoms with Gasteiger partial charge >= 0.3 is 0 Å². The number of piperidine rings is 1. The Labute approximate surface area is 171 Å². The van der Waals surface area contributed by atoms with E-state index in [-0.39, 0.29) is 18.3 Å². The number of nitrogen functional groups attached to an aromatic ring is 1. The number of carbonyl (C=O) groups is 1. The van der Waals surface area contributed by atoms with E-state index in [1.54, 1.807) is 40.7 Å². The zero-order valence-corrected chi connectivity index (χ0v) is 17.1. The number of nitrogens with two attached hydrogens (primary N) is 1. The third-order valence-electron chi connectivity index (χ3n) is 4.59. The van der Waals surface area contributed by atoms with Crippen molar-refractivity contribution < 1.29 is 13.2 Å². The molecule has 1 aromatic heterocycles. The van der Waals surface area contributed by atoms with Gasteiger partial charge in [-0.1, -0.05) is 18.6 Å². The van der Waals surface area contributed by atoms with Crippen molar-refractivity contribution in [3.8, 4) is 0 Å². The molecule has 152 valence electrons. The zero-order chi connectivity index (χ0) is 19.3. The van der Waals surface area contributed by atoms with Crippen LogP contribution in [0.25, 0.3) is 0 Å². The van der Waals surface area contributed by atoms with Crippen LogP contribution in [0.1, 0.15) is 31.2 Å². The van der Waals surface area contributed by atoms with Crippen molar-refractivity contribution in [2.45, 2.75) is 37.0 Å². The number of hydrogen-bond acceptors (Lipinski definition) is 5. The fourth-order valence-electron chi connectivity index (χ4n) is 3.04. The van der Waals surface area contributed by atoms with Crippen molar-refractivity contribution in [2.75, 3.05) is 24.1 Å². The predicted octanol–water partition coefficient (Wildman–Crippen LogP) is 2.83. The highest BCUT2D eigenvalue weighted by Gasteiger charge is 2.25. The molecule has 7 nitrogen and oxygen atoms in total. The molecule has 1 saturated heterocycles. The molecule has 28 heavy (non-hydrogen) atoms. The van der Waals surface area contributed by atoms with Crippen LogP contribution in [0.2, 0.25) is 0 Å². The maximum absolute atomic E-state index is 12.6. The number of sulfonamides is 1. The molecule has 0 spiro atoms. The lowest BCUT2D eigenvalue weighted by Gasteiger charge is -2.25. The molecule has 0 aliphatic carbocycles. The SMILES string of the molecule is Cl.Nc1ccc(NC(=O)CCc2ccc(S(=O)(=O)N3CCCCC3)cc2)cn1. The maximum atomic E-state index is 12.6. The number of halogens is 1. The van der Waals surface area contributed by atoms with Crippen molar-refractivity contribution in [3.05, 3.63) is 48.2 Å². The number of rotatable bonds is 6. The van der Waals surface area contributed by atoms with E-state index in [9.17, 15) is 13.2 Å². The first-order valence-electron chi connectivity index (χ1n) is 9.05. The number of aryl methyl sites for hydroxylation is 1. The molecule has 0 atom stereocenters. The van der Waals surface area contributed by atoms with Crippen LogP contribution in [-0.4, -0.2) is 36.7 Å². The lowest BCUT2D eigenvalue weighted by molar-refractivity contribution is -0.116. The second-order valence-electron chi connectivity index (χ2n) is 6.63. The first-order chi connectivity index (χ1) is 12.9. The molecule has 1 aliphatic heterocycles. The molecule has 3 rings (SSSR count). The number of amides is 1. The number of anilines is 2. The van der Waals surface area contributed by atoms with Crippen LogP contribution in [0, 0.1) is 0 Å². The van der Waals surface area contributed by atoms with Gasteiger partial charge in [-0.05, 0) is 49.1 Å². The van der Waals surface area contributed by atoms with Gasteiger partial charge in [0.15, 0.2) is 0 Å². The Kier molecular flexibility index (Phi) is 7.79. The number of carbonyl (C=O) groups excluding carboxylic acids is 1. The predicted molar refractivity (Wildman–Crippen MR) is 112 cm³/mol. The summed E-state index contributed by atoms with van der Waals surface area (Å²) in [6.07, 6.45) is 5.24. The molecular weight excluding hydrogens is 400 g/mol. The summed E-state index contributed by atoms with van der Waals surface area (Å²) in [6.45, 7) is 1.18. The Bertz CT molecular complexity index is 880. The highest BCUT2D eigenvalue weighted by atomic mass is 35.5. The molecule has 2 aromatic rings. The van der Waals surface area contributed by atoms with Crippen LogP contribution in [-0.2, 0) is 21.2 Å². The van der Waals surface area contributed by atoms with Gasteiger partial charge in [-0.15, -0.1) is 12.4 Å². The van der Waals surface area contributed by atoms with Gasteiger partial charge in [0.25, 0.3) is 0 Å². The summed E-state index contributed by atoms with van der Waals surface area (Å²) >= 11 is 0. The Morgan fingerprint density at radius 1 is 1.07 bits per heavy atom. The van der Waals surface area contributed by atoms with Gasteiger partial charge in [0.05, 0.1) is 16.8 Å². The van der Waals surface area contributed by atoms with Gasteiger partial charge in [0.2, 0.25) is 15.9 Å². The van der Waals surface area contributed by atoms with Crippen LogP contribution in [0.15, 0.2) is 47.5 Å². The van der Waals surface area contributed by atoms with E-state index in [1.807, 2.05) is 0 Å². The number of pyridine rings is 1. The molecule has 3 N–H and O–H groups in total. The van der Waals surface area contributed by atoms with E-state index >= 15 is 0 Å². The minimum atomic E-state index is -3.42. The van der Waals surface area contributed by atoms with Crippen molar-refractivity contribution in [2.24, 2.45) is 0 Å². The van der Waals surface area contributed by atoms with Crippen LogP contribution in [0.4, 0.5) is 11.5 Å². The van der Waals surface area contributed by atoms with Gasteiger partial charge in [0, 0.05) is 19.5 Å². The Hall–Kier alpha value is -2.16. The van der Waals surface area contributed by atoms with Crippen molar-refractivity contribution in [1.82, 2.24) is 9.29 Å². The third kappa shape index (κ3) is 5.67. The van der Waals surface area contributed by atoms with Gasteiger partial charge in [-0.2, -0.15) is 4.31 Å². The monoisotopic (exact) mass is 424 g/mol. The van der Waals surface area contributed by atoms with Crippen LogP contribution in [0.5, 0.6) is 0 Å². The average Bonchev–Trinajstić information content (AvgIpc) is 2.69. The molecular formula is C19H25ClN4O3S. The van der Waals surface area contributed by atoms with Crippen LogP contribution < -0.4 is 11.1 Å². The Morgan fingerprint density at radius 3 is 2.36 bits per heavy atom. The molecule has 0 bridgehead atoms. The smallest absolute Gasteiger partial charge is 0.243 e. The summed E-state index contributed by atoms with van der Waals surface area (Å²) in [4.78, 5) is 16.3. The summed E-state index contributed by atoms with van der Waals surface area (Å²) in [5.74, 6) is 0.263. The molecule has 0 radical (unpaired) electrons. The van der Waals surface area contributed by atoms with Gasteiger partial charge in [-0.25, -0.2) is 13.4 Å². The van der Waals surface area contributed by atoms with E-state index in [1.165, 1.54) is 6.20 Å². The van der Waals surface area contributed by atoms with E-state index in [2.05, 4.69) is 10.3 Å². The number of aromatic nitrogens is 1. The standard InChI is InChI=1S/C19H24N4O3S.ClH/c20-18-10-7-16(14-21-18)22-19(24)11-6-15-4-8-17(9-5-15)27(25,26)23-12-2-1-3-13-23;/h4-5,7-10,14H,1-3,6,11-13H2,(H2,20,21)(H,22,24);1H. The number of nitrogens with one attached hydrogen (secondary N) is 1. The minimum Gasteiger partial charge on any atom is -0.384 e. The second-order valence-corrected chi connectivity index (χ2v) is 8.57. The lowest BCUT2D eigenvalue weighted by atomic mass is 10.1. The maximum Gasteiger partial charge on any atom is 0.243 e. The number of nitrogens with zero attached hydrogens (tertiary/aromatic N) is 2. The van der Waals surface area contributed by atoms with Crippen LogP contribution in [0.3, 0.4) is 0 Å². The zero-order valence-electron chi connectivity index (χ0n) is 15.5. The number of hydrogen-bond donors (Lipinski definition) is 2. The largest absolute Gasteiger partial charge is 0.384 e. The quantitative estimate of drug-likeness (QED) is 0.741. The Balaban J connectivity index is 0.00000280. The molecule has 1 amide bonds. The first-order valence-corrected chi connectivity index (χ1v) is 10.5. The highest BCUT2D eigenvalue weighted by molar-refractivity contribution is 7.89. The Morgan fingerprint density at radius 2 is 1.75 bits per heavy atom. The third-order valence-corrected chi connectivity index (χ3v) is 6.50. The summed E-state index contributed by atoms with van der Waals surface area (Å²) in [5.41, 5.74) is 7.02. The van der Waals surface area contributed by atoms with E-state index < -0.39 is 10.0 Å². The summed E-state index contributed by atoms with van der Waals surface area (Å²) in [5, 5.41) is 2.76. The number of benzene rings is 1. The average molecular weight is 425 g/mol. The fraction of sp³-hybridized carbons (Fsp3) is 0.368.